The van der Waals surface area contributed by atoms with Gasteiger partial charge in [0.15, 0.2) is 0 Å². The summed E-state index contributed by atoms with van der Waals surface area (Å²) in [5.74, 6) is 0.775. The Kier molecular flexibility index (Phi) is 8.58. The van der Waals surface area contributed by atoms with Gasteiger partial charge >= 0.3 is 0 Å². The van der Waals surface area contributed by atoms with Crippen molar-refractivity contribution in [1.29, 1.82) is 0 Å². The summed E-state index contributed by atoms with van der Waals surface area (Å²) < 4.78 is 18.4. The second-order valence-electron chi connectivity index (χ2n) is 10.6. The quantitative estimate of drug-likeness (QED) is 0.499. The highest BCUT2D eigenvalue weighted by atomic mass is 16.5. The van der Waals surface area contributed by atoms with Crippen LogP contribution in [0.25, 0.3) is 0 Å². The Morgan fingerprint density at radius 3 is 2.71 bits per heavy atom. The van der Waals surface area contributed by atoms with Gasteiger partial charge in [-0.15, -0.1) is 0 Å². The highest BCUT2D eigenvalue weighted by Gasteiger charge is 2.34. The van der Waals surface area contributed by atoms with Crippen molar-refractivity contribution in [1.82, 2.24) is 20.1 Å². The van der Waals surface area contributed by atoms with Gasteiger partial charge in [-0.05, 0) is 69.2 Å². The van der Waals surface area contributed by atoms with Crippen molar-refractivity contribution >= 4 is 17.7 Å². The minimum atomic E-state index is -0.453. The molecule has 10 heteroatoms. The molecule has 0 spiro atoms. The van der Waals surface area contributed by atoms with Gasteiger partial charge in [-0.2, -0.15) is 0 Å². The largest absolute Gasteiger partial charge is 0.491 e. The molecule has 2 N–H and O–H groups in total. The first-order valence-corrected chi connectivity index (χ1v) is 14.0. The zero-order valence-electron chi connectivity index (χ0n) is 23.6. The SMILES string of the molecule is CCN1CC(=O)N[C@H]2CN(C(=O)c3ccc[nH]3)CC[C@@H]2OCc2cccc(c2)Oc2cc(OC(C)C)cc(c2)C1=O. The lowest BCUT2D eigenvalue weighted by Crippen LogP contribution is -2.58. The molecule has 0 saturated carbocycles. The number of benzene rings is 2. The smallest absolute Gasteiger partial charge is 0.270 e. The van der Waals surface area contributed by atoms with E-state index in [4.69, 9.17) is 14.2 Å². The number of likely N-dealkylation sites (N-methyl/N-ethyl adjacent to an activating group) is 1. The molecule has 1 aromatic heterocycles. The van der Waals surface area contributed by atoms with Crippen LogP contribution < -0.4 is 14.8 Å². The first kappa shape index (κ1) is 28.2. The zero-order valence-corrected chi connectivity index (χ0v) is 23.6. The van der Waals surface area contributed by atoms with Crippen LogP contribution in [0.5, 0.6) is 17.2 Å². The van der Waals surface area contributed by atoms with Crippen LogP contribution in [0, 0.1) is 0 Å². The van der Waals surface area contributed by atoms with E-state index in [0.29, 0.717) is 54.6 Å². The van der Waals surface area contributed by atoms with Crippen molar-refractivity contribution in [3.63, 3.8) is 0 Å². The van der Waals surface area contributed by atoms with Crippen molar-refractivity contribution in [2.45, 2.75) is 52.0 Å². The fraction of sp³-hybridized carbons (Fsp3) is 0.387. The zero-order chi connectivity index (χ0) is 28.9. The average Bonchev–Trinajstić information content (AvgIpc) is 3.49. The standard InChI is InChI=1S/C31H36N4O6/c1-4-34-18-29(36)33-27-17-35(31(38)26-9-6-11-32-26)12-10-28(27)39-19-21-7-5-8-23(13-21)41-25-15-22(30(34)37)14-24(16-25)40-20(2)3/h5-9,11,13-16,20,27-28,32H,4,10,12,17-19H2,1-3H3,(H,33,36)/t27-,28-/m0/s1. The van der Waals surface area contributed by atoms with E-state index < -0.39 is 6.04 Å². The van der Waals surface area contributed by atoms with E-state index in [2.05, 4.69) is 10.3 Å². The van der Waals surface area contributed by atoms with E-state index in [0.717, 1.165) is 5.56 Å². The van der Waals surface area contributed by atoms with Crippen LogP contribution in [0.4, 0.5) is 0 Å². The topological polar surface area (TPSA) is 113 Å². The first-order chi connectivity index (χ1) is 19.8. The van der Waals surface area contributed by atoms with E-state index in [1.165, 1.54) is 4.90 Å². The molecule has 2 aliphatic heterocycles. The molecule has 3 amide bonds. The molecule has 1 saturated heterocycles. The maximum Gasteiger partial charge on any atom is 0.270 e. The number of nitrogens with one attached hydrogen (secondary N) is 2. The summed E-state index contributed by atoms with van der Waals surface area (Å²) in [6, 6.07) is 15.7. The number of aromatic nitrogens is 1. The Labute approximate surface area is 239 Å². The number of amides is 3. The van der Waals surface area contributed by atoms with Crippen LogP contribution in [0.3, 0.4) is 0 Å². The lowest BCUT2D eigenvalue weighted by Gasteiger charge is -2.39. The van der Waals surface area contributed by atoms with E-state index in [-0.39, 0.29) is 43.0 Å². The molecule has 0 aliphatic carbocycles. The number of hydrogen-bond donors (Lipinski definition) is 2. The maximum absolute atomic E-state index is 13.6. The number of fused-ring (bicyclic) bond motifs is 5. The summed E-state index contributed by atoms with van der Waals surface area (Å²) in [6.07, 6.45) is 1.83. The molecule has 41 heavy (non-hydrogen) atoms. The van der Waals surface area contributed by atoms with Crippen molar-refractivity contribution in [3.05, 3.63) is 77.6 Å². The molecule has 2 aliphatic rings. The van der Waals surface area contributed by atoms with Crippen molar-refractivity contribution in [3.8, 4) is 17.2 Å². The third-order valence-corrected chi connectivity index (χ3v) is 7.11. The van der Waals surface area contributed by atoms with E-state index in [1.807, 2.05) is 45.0 Å². The van der Waals surface area contributed by atoms with Gasteiger partial charge < -0.3 is 34.3 Å². The van der Waals surface area contributed by atoms with Gasteiger partial charge in [0.1, 0.15) is 22.9 Å². The summed E-state index contributed by atoms with van der Waals surface area (Å²) in [6.45, 7) is 6.90. The summed E-state index contributed by atoms with van der Waals surface area (Å²) in [4.78, 5) is 46.1. The van der Waals surface area contributed by atoms with E-state index >= 15 is 0 Å². The van der Waals surface area contributed by atoms with Gasteiger partial charge in [0, 0.05) is 37.5 Å². The van der Waals surface area contributed by atoms with E-state index in [9.17, 15) is 14.4 Å². The number of likely N-dealkylation sites (tertiary alicyclic amines) is 1. The van der Waals surface area contributed by atoms with Gasteiger partial charge in [0.25, 0.3) is 11.8 Å². The number of ether oxygens (including phenoxy) is 3. The molecule has 2 atom stereocenters. The first-order valence-electron chi connectivity index (χ1n) is 14.0. The minimum Gasteiger partial charge on any atom is -0.491 e. The highest BCUT2D eigenvalue weighted by molar-refractivity contribution is 5.97. The molecular formula is C31H36N4O6. The average molecular weight is 561 g/mol. The molecule has 216 valence electrons. The molecule has 3 aromatic rings. The predicted molar refractivity (Wildman–Crippen MR) is 152 cm³/mol. The fourth-order valence-corrected chi connectivity index (χ4v) is 5.15. The monoisotopic (exact) mass is 560 g/mol. The number of carbonyl (C=O) groups is 3. The number of nitrogens with zero attached hydrogens (tertiary/aromatic N) is 2. The molecule has 3 heterocycles. The maximum atomic E-state index is 13.6. The Bertz CT molecular complexity index is 1390. The Morgan fingerprint density at radius 1 is 1.10 bits per heavy atom. The predicted octanol–water partition coefficient (Wildman–Crippen LogP) is 3.99. The molecule has 1 fully saturated rings. The summed E-state index contributed by atoms with van der Waals surface area (Å²) >= 11 is 0. The Hall–Kier alpha value is -4.31. The van der Waals surface area contributed by atoms with E-state index in [1.54, 1.807) is 41.4 Å². The van der Waals surface area contributed by atoms with Crippen molar-refractivity contribution in [2.24, 2.45) is 0 Å². The second kappa shape index (κ2) is 12.5. The molecule has 0 unspecified atom stereocenters. The molecule has 10 nitrogen and oxygen atoms in total. The fourth-order valence-electron chi connectivity index (χ4n) is 5.15. The second-order valence-corrected chi connectivity index (χ2v) is 10.6. The molecule has 5 rings (SSSR count). The third-order valence-electron chi connectivity index (χ3n) is 7.11. The normalized spacial score (nSPS) is 19.8. The lowest BCUT2D eigenvalue weighted by atomic mass is 10.0. The van der Waals surface area contributed by atoms with Crippen molar-refractivity contribution < 1.29 is 28.6 Å². The Morgan fingerprint density at radius 2 is 1.95 bits per heavy atom. The number of H-pyrrole nitrogens is 1. The number of rotatable bonds is 4. The van der Waals surface area contributed by atoms with Gasteiger partial charge in [-0.25, -0.2) is 0 Å². The number of piperidine rings is 1. The van der Waals surface area contributed by atoms with Crippen molar-refractivity contribution in [2.75, 3.05) is 26.2 Å². The molecule has 0 radical (unpaired) electrons. The van der Waals surface area contributed by atoms with Gasteiger partial charge in [0.2, 0.25) is 5.91 Å². The summed E-state index contributed by atoms with van der Waals surface area (Å²) in [7, 11) is 0. The van der Waals surface area contributed by atoms with Crippen LogP contribution in [0.1, 0.15) is 53.6 Å². The van der Waals surface area contributed by atoms with Gasteiger partial charge in [0.05, 0.1) is 31.4 Å². The number of aromatic amines is 1. The number of hydrogen-bond acceptors (Lipinski definition) is 6. The molecule has 4 bridgehead atoms. The van der Waals surface area contributed by atoms with Crippen LogP contribution in [-0.4, -0.2) is 76.9 Å². The third kappa shape index (κ3) is 6.89. The Balaban J connectivity index is 1.45. The van der Waals surface area contributed by atoms with Crippen LogP contribution in [-0.2, 0) is 16.1 Å². The molecule has 2 aromatic carbocycles. The van der Waals surface area contributed by atoms with Gasteiger partial charge in [-0.3, -0.25) is 14.4 Å². The number of carbonyl (C=O) groups excluding carboxylic acids is 3. The van der Waals surface area contributed by atoms with Gasteiger partial charge in [-0.1, -0.05) is 12.1 Å². The minimum absolute atomic E-state index is 0.105. The van der Waals surface area contributed by atoms with Crippen LogP contribution in [0.15, 0.2) is 60.8 Å². The summed E-state index contributed by atoms with van der Waals surface area (Å²) in [5, 5.41) is 3.06. The highest BCUT2D eigenvalue weighted by Crippen LogP contribution is 2.30. The van der Waals surface area contributed by atoms with Crippen LogP contribution in [0.2, 0.25) is 0 Å². The molecular weight excluding hydrogens is 524 g/mol. The lowest BCUT2D eigenvalue weighted by molar-refractivity contribution is -0.124. The summed E-state index contributed by atoms with van der Waals surface area (Å²) in [5.41, 5.74) is 1.75. The van der Waals surface area contributed by atoms with Crippen LogP contribution >= 0.6 is 0 Å².